The van der Waals surface area contributed by atoms with Gasteiger partial charge in [-0.15, -0.1) is 0 Å². The molecule has 4 heteroatoms. The maximum Gasteiger partial charge on any atom is 0.319 e. The third kappa shape index (κ3) is 2.11. The Kier molecular flexibility index (Phi) is 3.12. The maximum absolute atomic E-state index is 12.2. The van der Waals surface area contributed by atoms with Crippen LogP contribution in [0.15, 0.2) is 6.07 Å². The average molecular weight is 261 g/mol. The van der Waals surface area contributed by atoms with Crippen LogP contribution in [0.2, 0.25) is 0 Å². The second kappa shape index (κ2) is 4.37. The van der Waals surface area contributed by atoms with Gasteiger partial charge >= 0.3 is 5.97 Å². The first-order valence-corrected chi connectivity index (χ1v) is 6.42. The van der Waals surface area contributed by atoms with Crippen LogP contribution in [0.5, 0.6) is 0 Å². The van der Waals surface area contributed by atoms with E-state index in [0.717, 1.165) is 27.9 Å². The van der Waals surface area contributed by atoms with Crippen molar-refractivity contribution in [3.05, 3.63) is 28.3 Å². The Hall–Kier alpha value is -1.84. The van der Waals surface area contributed by atoms with Crippen LogP contribution in [0.4, 0.5) is 5.69 Å². The quantitative estimate of drug-likeness (QED) is 0.822. The molecule has 0 spiro atoms. The summed E-state index contributed by atoms with van der Waals surface area (Å²) in [6.07, 6.45) is 0.855. The van der Waals surface area contributed by atoms with Gasteiger partial charge in [-0.3, -0.25) is 9.59 Å². The zero-order valence-corrected chi connectivity index (χ0v) is 11.8. The second-order valence-electron chi connectivity index (χ2n) is 5.48. The summed E-state index contributed by atoms with van der Waals surface area (Å²) >= 11 is 0. The Morgan fingerprint density at radius 2 is 1.58 bits per heavy atom. The summed E-state index contributed by atoms with van der Waals surface area (Å²) in [6.45, 7) is 7.86. The van der Waals surface area contributed by atoms with Crippen LogP contribution in [-0.2, 0) is 9.59 Å². The SMILES string of the molecule is Cc1cc(C)c(C)c(NC(=O)C2(C(=O)O)CC2)c1C. The van der Waals surface area contributed by atoms with E-state index in [4.69, 9.17) is 5.11 Å². The molecular formula is C15H19NO3. The first-order valence-electron chi connectivity index (χ1n) is 6.42. The van der Waals surface area contributed by atoms with Crippen molar-refractivity contribution in [3.63, 3.8) is 0 Å². The molecule has 1 saturated carbocycles. The van der Waals surface area contributed by atoms with Gasteiger partial charge in [0.2, 0.25) is 5.91 Å². The van der Waals surface area contributed by atoms with Crippen molar-refractivity contribution in [2.45, 2.75) is 40.5 Å². The zero-order valence-electron chi connectivity index (χ0n) is 11.8. The molecule has 1 aliphatic rings. The normalized spacial score (nSPS) is 16.0. The van der Waals surface area contributed by atoms with E-state index in [9.17, 15) is 9.59 Å². The fourth-order valence-corrected chi connectivity index (χ4v) is 2.30. The highest BCUT2D eigenvalue weighted by molar-refractivity contribution is 6.11. The average Bonchev–Trinajstić information content (AvgIpc) is 3.13. The number of carboxylic acid groups (broad SMARTS) is 1. The summed E-state index contributed by atoms with van der Waals surface area (Å²) in [5.74, 6) is -1.42. The maximum atomic E-state index is 12.2. The minimum Gasteiger partial charge on any atom is -0.480 e. The number of rotatable bonds is 3. The van der Waals surface area contributed by atoms with E-state index in [0.29, 0.717) is 12.8 Å². The van der Waals surface area contributed by atoms with Crippen LogP contribution in [0, 0.1) is 33.1 Å². The van der Waals surface area contributed by atoms with Gasteiger partial charge in [-0.2, -0.15) is 0 Å². The number of hydrogen-bond donors (Lipinski definition) is 2. The number of aryl methyl sites for hydroxylation is 2. The van der Waals surface area contributed by atoms with Crippen molar-refractivity contribution in [2.24, 2.45) is 5.41 Å². The summed E-state index contributed by atoms with van der Waals surface area (Å²) in [4.78, 5) is 23.3. The predicted octanol–water partition coefficient (Wildman–Crippen LogP) is 2.72. The molecule has 102 valence electrons. The molecule has 2 rings (SSSR count). The zero-order chi connectivity index (χ0) is 14.4. The smallest absolute Gasteiger partial charge is 0.319 e. The van der Waals surface area contributed by atoms with Gasteiger partial charge in [-0.1, -0.05) is 6.07 Å². The van der Waals surface area contributed by atoms with Crippen LogP contribution in [0.1, 0.15) is 35.1 Å². The van der Waals surface area contributed by atoms with E-state index < -0.39 is 17.3 Å². The standard InChI is InChI=1S/C15H19NO3/c1-8-7-9(2)11(4)12(10(8)3)16-13(17)15(5-6-15)14(18)19/h7H,5-6H2,1-4H3,(H,16,17)(H,18,19). The number of hydrogen-bond acceptors (Lipinski definition) is 2. The molecule has 1 aromatic carbocycles. The van der Waals surface area contributed by atoms with Crippen LogP contribution in [0.3, 0.4) is 0 Å². The molecule has 1 fully saturated rings. The number of anilines is 1. The number of carboxylic acids is 1. The summed E-state index contributed by atoms with van der Waals surface area (Å²) in [5.41, 5.74) is 3.75. The number of carbonyl (C=O) groups is 2. The molecule has 1 amide bonds. The Morgan fingerprint density at radius 3 is 1.95 bits per heavy atom. The van der Waals surface area contributed by atoms with Crippen LogP contribution in [0.25, 0.3) is 0 Å². The Bertz CT molecular complexity index is 545. The van der Waals surface area contributed by atoms with E-state index in [1.807, 2.05) is 27.7 Å². The van der Waals surface area contributed by atoms with E-state index >= 15 is 0 Å². The lowest BCUT2D eigenvalue weighted by Gasteiger charge is -2.18. The molecule has 0 heterocycles. The van der Waals surface area contributed by atoms with Gasteiger partial charge in [-0.05, 0) is 62.8 Å². The molecule has 0 aliphatic heterocycles. The molecule has 2 N–H and O–H groups in total. The fraction of sp³-hybridized carbons (Fsp3) is 0.467. The molecule has 0 saturated heterocycles. The van der Waals surface area contributed by atoms with Gasteiger partial charge in [-0.25, -0.2) is 0 Å². The molecular weight excluding hydrogens is 242 g/mol. The topological polar surface area (TPSA) is 66.4 Å². The lowest BCUT2D eigenvalue weighted by atomic mass is 9.97. The van der Waals surface area contributed by atoms with Gasteiger partial charge in [0.1, 0.15) is 5.41 Å². The minimum absolute atomic E-state index is 0.392. The lowest BCUT2D eigenvalue weighted by Crippen LogP contribution is -2.31. The molecule has 0 atom stereocenters. The number of amides is 1. The molecule has 0 bridgehead atoms. The highest BCUT2D eigenvalue weighted by atomic mass is 16.4. The Labute approximate surface area is 112 Å². The van der Waals surface area contributed by atoms with Gasteiger partial charge in [0.05, 0.1) is 0 Å². The van der Waals surface area contributed by atoms with E-state index in [1.54, 1.807) is 0 Å². The van der Waals surface area contributed by atoms with Gasteiger partial charge < -0.3 is 10.4 Å². The highest BCUT2D eigenvalue weighted by Gasteiger charge is 2.57. The van der Waals surface area contributed by atoms with Crippen molar-refractivity contribution in [3.8, 4) is 0 Å². The summed E-state index contributed by atoms with van der Waals surface area (Å²) in [7, 11) is 0. The molecule has 4 nitrogen and oxygen atoms in total. The van der Waals surface area contributed by atoms with Gasteiger partial charge in [0, 0.05) is 5.69 Å². The largest absolute Gasteiger partial charge is 0.480 e. The monoisotopic (exact) mass is 261 g/mol. The first kappa shape index (κ1) is 13.6. The molecule has 0 aromatic heterocycles. The van der Waals surface area contributed by atoms with Crippen molar-refractivity contribution >= 4 is 17.6 Å². The molecule has 0 unspecified atom stereocenters. The van der Waals surface area contributed by atoms with Crippen LogP contribution in [-0.4, -0.2) is 17.0 Å². The Balaban J connectivity index is 2.35. The lowest BCUT2D eigenvalue weighted by molar-refractivity contribution is -0.147. The van der Waals surface area contributed by atoms with E-state index in [1.165, 1.54) is 0 Å². The first-order chi connectivity index (χ1) is 8.79. The van der Waals surface area contributed by atoms with Gasteiger partial charge in [0.15, 0.2) is 0 Å². The van der Waals surface area contributed by atoms with Crippen molar-refractivity contribution < 1.29 is 14.7 Å². The molecule has 0 radical (unpaired) electrons. The van der Waals surface area contributed by atoms with Crippen molar-refractivity contribution in [1.82, 2.24) is 0 Å². The van der Waals surface area contributed by atoms with E-state index in [-0.39, 0.29) is 0 Å². The number of carbonyl (C=O) groups excluding carboxylic acids is 1. The highest BCUT2D eigenvalue weighted by Crippen LogP contribution is 2.47. The molecule has 19 heavy (non-hydrogen) atoms. The third-order valence-electron chi connectivity index (χ3n) is 4.20. The third-order valence-corrected chi connectivity index (χ3v) is 4.20. The molecule has 1 aromatic rings. The summed E-state index contributed by atoms with van der Waals surface area (Å²) in [5, 5.41) is 12.0. The summed E-state index contributed by atoms with van der Waals surface area (Å²) < 4.78 is 0. The summed E-state index contributed by atoms with van der Waals surface area (Å²) in [6, 6.07) is 2.07. The number of benzene rings is 1. The fourth-order valence-electron chi connectivity index (χ4n) is 2.30. The van der Waals surface area contributed by atoms with E-state index in [2.05, 4.69) is 11.4 Å². The van der Waals surface area contributed by atoms with Crippen molar-refractivity contribution in [2.75, 3.05) is 5.32 Å². The van der Waals surface area contributed by atoms with Crippen molar-refractivity contribution in [1.29, 1.82) is 0 Å². The number of nitrogens with one attached hydrogen (secondary N) is 1. The van der Waals surface area contributed by atoms with Crippen LogP contribution >= 0.6 is 0 Å². The number of aliphatic carboxylic acids is 1. The van der Waals surface area contributed by atoms with Gasteiger partial charge in [0.25, 0.3) is 0 Å². The predicted molar refractivity (Wildman–Crippen MR) is 73.3 cm³/mol. The second-order valence-corrected chi connectivity index (χ2v) is 5.48. The Morgan fingerprint density at radius 1 is 1.11 bits per heavy atom. The minimum atomic E-state index is -1.20. The van der Waals surface area contributed by atoms with Crippen LogP contribution < -0.4 is 5.32 Å². The molecule has 1 aliphatic carbocycles.